The molecule has 7 heteroatoms. The first-order chi connectivity index (χ1) is 12.5. The first kappa shape index (κ1) is 18.1. The van der Waals surface area contributed by atoms with Crippen LogP contribution in [-0.4, -0.2) is 10.9 Å². The van der Waals surface area contributed by atoms with E-state index < -0.39 is 10.9 Å². The summed E-state index contributed by atoms with van der Waals surface area (Å²) >= 11 is 9.36. The molecule has 0 aliphatic rings. The maximum absolute atomic E-state index is 12.4. The Bertz CT molecular complexity index is 992. The molecule has 3 aromatic rings. The molecule has 0 spiro atoms. The molecule has 0 bridgehead atoms. The number of carbonyl (C=O) groups excluding carboxylic acids is 1. The Labute approximate surface area is 162 Å². The van der Waals surface area contributed by atoms with Crippen molar-refractivity contribution >= 4 is 39.2 Å². The molecular formula is C19H11BrClNO4. The number of non-ortho nitro benzene ring substituents is 1. The van der Waals surface area contributed by atoms with Gasteiger partial charge in [-0.25, -0.2) is 4.79 Å². The Hall–Kier alpha value is -2.70. The molecule has 0 aliphatic carbocycles. The number of nitro benzene ring substituents is 1. The van der Waals surface area contributed by atoms with Crippen LogP contribution in [0, 0.1) is 10.1 Å². The van der Waals surface area contributed by atoms with Crippen molar-refractivity contribution in [1.82, 2.24) is 0 Å². The van der Waals surface area contributed by atoms with E-state index in [9.17, 15) is 14.9 Å². The van der Waals surface area contributed by atoms with E-state index in [1.807, 2.05) is 42.5 Å². The predicted molar refractivity (Wildman–Crippen MR) is 103 cm³/mol. The van der Waals surface area contributed by atoms with Gasteiger partial charge < -0.3 is 4.74 Å². The second-order valence-electron chi connectivity index (χ2n) is 5.32. The number of esters is 1. The van der Waals surface area contributed by atoms with Crippen molar-refractivity contribution in [3.8, 4) is 16.9 Å². The zero-order valence-electron chi connectivity index (χ0n) is 13.2. The highest BCUT2D eigenvalue weighted by molar-refractivity contribution is 9.10. The van der Waals surface area contributed by atoms with E-state index >= 15 is 0 Å². The van der Waals surface area contributed by atoms with E-state index in [1.54, 1.807) is 6.07 Å². The molecule has 3 rings (SSSR count). The lowest BCUT2D eigenvalue weighted by atomic mass is 10.1. The minimum absolute atomic E-state index is 0.0695. The number of hydrogen-bond donors (Lipinski definition) is 0. The van der Waals surface area contributed by atoms with E-state index in [1.165, 1.54) is 12.1 Å². The lowest BCUT2D eigenvalue weighted by Gasteiger charge is -2.09. The summed E-state index contributed by atoms with van der Waals surface area (Å²) in [6.07, 6.45) is 0. The zero-order chi connectivity index (χ0) is 18.7. The quantitative estimate of drug-likeness (QED) is 0.223. The Kier molecular flexibility index (Phi) is 5.35. The number of benzene rings is 3. The first-order valence-corrected chi connectivity index (χ1v) is 8.64. The maximum atomic E-state index is 12.4. The molecule has 0 aliphatic heterocycles. The Balaban J connectivity index is 1.86. The van der Waals surface area contributed by atoms with Gasteiger partial charge in [-0.05, 0) is 45.3 Å². The minimum atomic E-state index is -0.771. The summed E-state index contributed by atoms with van der Waals surface area (Å²) in [5, 5.41) is 11.0. The van der Waals surface area contributed by atoms with Crippen molar-refractivity contribution in [2.45, 2.75) is 0 Å². The van der Waals surface area contributed by atoms with Crippen LogP contribution < -0.4 is 4.74 Å². The number of rotatable bonds is 4. The fraction of sp³-hybridized carbons (Fsp3) is 0. The predicted octanol–water partition coefficient (Wildman–Crippen LogP) is 5.90. The summed E-state index contributed by atoms with van der Waals surface area (Å²) in [7, 11) is 0. The number of hydrogen-bond acceptors (Lipinski definition) is 4. The molecule has 0 saturated carbocycles. The van der Waals surface area contributed by atoms with E-state index in [-0.39, 0.29) is 22.0 Å². The molecule has 0 heterocycles. The average molecular weight is 433 g/mol. The third kappa shape index (κ3) is 3.92. The van der Waals surface area contributed by atoms with Crippen LogP contribution in [0.1, 0.15) is 10.4 Å². The van der Waals surface area contributed by atoms with Gasteiger partial charge in [0.2, 0.25) is 0 Å². The molecule has 5 nitrogen and oxygen atoms in total. The fourth-order valence-corrected chi connectivity index (χ4v) is 2.99. The second-order valence-corrected chi connectivity index (χ2v) is 6.58. The molecule has 26 heavy (non-hydrogen) atoms. The van der Waals surface area contributed by atoms with Crippen LogP contribution in [-0.2, 0) is 0 Å². The highest BCUT2D eigenvalue weighted by atomic mass is 79.9. The zero-order valence-corrected chi connectivity index (χ0v) is 15.5. The van der Waals surface area contributed by atoms with Crippen molar-refractivity contribution in [3.05, 3.63) is 91.9 Å². The topological polar surface area (TPSA) is 69.4 Å². The van der Waals surface area contributed by atoms with Gasteiger partial charge in [0.05, 0.1) is 20.0 Å². The summed E-state index contributed by atoms with van der Waals surface area (Å²) in [6.45, 7) is 0. The van der Waals surface area contributed by atoms with Crippen LogP contribution in [0.15, 0.2) is 71.2 Å². The lowest BCUT2D eigenvalue weighted by Crippen LogP contribution is -2.10. The van der Waals surface area contributed by atoms with Crippen LogP contribution in [0.5, 0.6) is 5.75 Å². The molecule has 0 unspecified atom stereocenters. The third-order valence-electron chi connectivity index (χ3n) is 3.62. The van der Waals surface area contributed by atoms with Crippen LogP contribution >= 0.6 is 27.5 Å². The van der Waals surface area contributed by atoms with Crippen LogP contribution in [0.4, 0.5) is 5.69 Å². The SMILES string of the molecule is O=C(Oc1ccc(-c2ccccc2)cc1Br)c1cc([N+](=O)[O-])ccc1Cl. The average Bonchev–Trinajstić information content (AvgIpc) is 2.64. The number of nitrogens with zero attached hydrogens (tertiary/aromatic N) is 1. The molecule has 0 N–H and O–H groups in total. The molecular weight excluding hydrogens is 422 g/mol. The number of halogens is 2. The second kappa shape index (κ2) is 7.68. The molecule has 0 radical (unpaired) electrons. The van der Waals surface area contributed by atoms with Crippen LogP contribution in [0.3, 0.4) is 0 Å². The standard InChI is InChI=1S/C19H11BrClNO4/c20-16-10-13(12-4-2-1-3-5-12)6-9-18(16)26-19(23)15-11-14(22(24)25)7-8-17(15)21/h1-11H. The van der Waals surface area contributed by atoms with E-state index in [4.69, 9.17) is 16.3 Å². The molecule has 0 atom stereocenters. The third-order valence-corrected chi connectivity index (χ3v) is 4.57. The van der Waals surface area contributed by atoms with Crippen molar-refractivity contribution in [3.63, 3.8) is 0 Å². The Morgan fingerprint density at radius 1 is 1.00 bits per heavy atom. The molecule has 130 valence electrons. The first-order valence-electron chi connectivity index (χ1n) is 7.47. The van der Waals surface area contributed by atoms with Crippen molar-refractivity contribution < 1.29 is 14.5 Å². The largest absolute Gasteiger partial charge is 0.422 e. The normalized spacial score (nSPS) is 10.4. The highest BCUT2D eigenvalue weighted by Crippen LogP contribution is 2.32. The van der Waals surface area contributed by atoms with Gasteiger partial charge in [0.1, 0.15) is 5.75 Å². The Morgan fingerprint density at radius 3 is 2.38 bits per heavy atom. The summed E-state index contributed by atoms with van der Waals surface area (Å²) in [6, 6.07) is 18.6. The van der Waals surface area contributed by atoms with Gasteiger partial charge in [0, 0.05) is 12.1 Å². The molecule has 0 aromatic heterocycles. The van der Waals surface area contributed by atoms with Gasteiger partial charge >= 0.3 is 5.97 Å². The Morgan fingerprint density at radius 2 is 1.73 bits per heavy atom. The van der Waals surface area contributed by atoms with Crippen molar-refractivity contribution in [2.24, 2.45) is 0 Å². The van der Waals surface area contributed by atoms with Gasteiger partial charge in [0.15, 0.2) is 0 Å². The molecule has 0 fully saturated rings. The van der Waals surface area contributed by atoms with E-state index in [0.717, 1.165) is 17.2 Å². The summed E-state index contributed by atoms with van der Waals surface area (Å²) in [5.41, 5.74) is 1.67. The van der Waals surface area contributed by atoms with Gasteiger partial charge in [-0.3, -0.25) is 10.1 Å². The number of nitro groups is 1. The minimum Gasteiger partial charge on any atom is -0.422 e. The summed E-state index contributed by atoms with van der Waals surface area (Å²) in [4.78, 5) is 22.6. The molecule has 3 aromatic carbocycles. The van der Waals surface area contributed by atoms with Gasteiger partial charge in [0.25, 0.3) is 5.69 Å². The van der Waals surface area contributed by atoms with Crippen LogP contribution in [0.2, 0.25) is 5.02 Å². The van der Waals surface area contributed by atoms with Crippen molar-refractivity contribution in [1.29, 1.82) is 0 Å². The maximum Gasteiger partial charge on any atom is 0.345 e. The summed E-state index contributed by atoms with van der Waals surface area (Å²) < 4.78 is 5.92. The molecule has 0 saturated heterocycles. The smallest absolute Gasteiger partial charge is 0.345 e. The molecule has 0 amide bonds. The summed E-state index contributed by atoms with van der Waals surface area (Å²) in [5.74, 6) is -0.482. The van der Waals surface area contributed by atoms with Gasteiger partial charge in [-0.15, -0.1) is 0 Å². The van der Waals surface area contributed by atoms with E-state index in [0.29, 0.717) is 4.47 Å². The lowest BCUT2D eigenvalue weighted by molar-refractivity contribution is -0.384. The fourth-order valence-electron chi connectivity index (χ4n) is 2.33. The van der Waals surface area contributed by atoms with Crippen molar-refractivity contribution in [2.75, 3.05) is 0 Å². The monoisotopic (exact) mass is 431 g/mol. The number of ether oxygens (including phenoxy) is 1. The highest BCUT2D eigenvalue weighted by Gasteiger charge is 2.19. The van der Waals surface area contributed by atoms with Gasteiger partial charge in [-0.2, -0.15) is 0 Å². The number of carbonyl (C=O) groups is 1. The van der Waals surface area contributed by atoms with Gasteiger partial charge in [-0.1, -0.05) is 48.0 Å². The van der Waals surface area contributed by atoms with Crippen LogP contribution in [0.25, 0.3) is 11.1 Å². The van der Waals surface area contributed by atoms with E-state index in [2.05, 4.69) is 15.9 Å².